The molecule has 4 rings (SSSR count). The number of halogens is 1. The van der Waals surface area contributed by atoms with Crippen molar-refractivity contribution in [3.63, 3.8) is 0 Å². The second kappa shape index (κ2) is 6.95. The van der Waals surface area contributed by atoms with E-state index in [-0.39, 0.29) is 23.7 Å². The zero-order valence-corrected chi connectivity index (χ0v) is 16.9. The Bertz CT molecular complexity index is 1080. The van der Waals surface area contributed by atoms with E-state index in [9.17, 15) is 14.7 Å². The van der Waals surface area contributed by atoms with Gasteiger partial charge < -0.3 is 10.1 Å². The summed E-state index contributed by atoms with van der Waals surface area (Å²) in [6.45, 7) is 3.68. The SMILES string of the molecule is CCOC(=O)C1=C(C)NC2=C(C(=O)c3ccccc32)C1c1cc(Br)ccc1[O]. The number of ether oxygens (including phenoxy) is 1. The van der Waals surface area contributed by atoms with Crippen LogP contribution < -0.4 is 5.32 Å². The quantitative estimate of drug-likeness (QED) is 0.703. The fraction of sp³-hybridized carbons (Fsp3) is 0.182. The van der Waals surface area contributed by atoms with Gasteiger partial charge in [-0.3, -0.25) is 9.90 Å². The number of carbonyl (C=O) groups excluding carboxylic acids is 2. The van der Waals surface area contributed by atoms with E-state index in [4.69, 9.17) is 4.74 Å². The molecule has 6 heteroatoms. The number of benzene rings is 2. The van der Waals surface area contributed by atoms with Crippen LogP contribution >= 0.6 is 15.9 Å². The van der Waals surface area contributed by atoms with Crippen LogP contribution in [0.2, 0.25) is 0 Å². The van der Waals surface area contributed by atoms with Gasteiger partial charge in [0.15, 0.2) is 11.5 Å². The highest BCUT2D eigenvalue weighted by Gasteiger charge is 2.43. The monoisotopic (exact) mass is 438 g/mol. The highest BCUT2D eigenvalue weighted by Crippen LogP contribution is 2.49. The molecule has 1 unspecified atom stereocenters. The van der Waals surface area contributed by atoms with Crippen molar-refractivity contribution in [3.05, 3.63) is 80.5 Å². The van der Waals surface area contributed by atoms with Crippen LogP contribution in [0.4, 0.5) is 0 Å². The number of ketones is 1. The molecule has 28 heavy (non-hydrogen) atoms. The first-order valence-corrected chi connectivity index (χ1v) is 9.73. The van der Waals surface area contributed by atoms with Crippen molar-refractivity contribution in [1.82, 2.24) is 5.32 Å². The van der Waals surface area contributed by atoms with E-state index in [1.807, 2.05) is 12.1 Å². The maximum Gasteiger partial charge on any atom is 0.336 e. The van der Waals surface area contributed by atoms with Crippen molar-refractivity contribution in [2.45, 2.75) is 19.8 Å². The highest BCUT2D eigenvalue weighted by atomic mass is 79.9. The van der Waals surface area contributed by atoms with Gasteiger partial charge in [0, 0.05) is 32.4 Å². The number of nitrogens with one attached hydrogen (secondary N) is 1. The molecule has 141 valence electrons. The van der Waals surface area contributed by atoms with Crippen LogP contribution in [0.1, 0.15) is 41.3 Å². The predicted octanol–water partition coefficient (Wildman–Crippen LogP) is 4.72. The molecule has 0 spiro atoms. The summed E-state index contributed by atoms with van der Waals surface area (Å²) >= 11 is 3.39. The molecule has 2 aliphatic rings. The predicted molar refractivity (Wildman–Crippen MR) is 107 cm³/mol. The lowest BCUT2D eigenvalue weighted by Crippen LogP contribution is -2.29. The zero-order chi connectivity index (χ0) is 20.0. The molecule has 0 saturated carbocycles. The standard InChI is InChI=1S/C22H17BrNO4/c1-3-28-22(27)17-11(2)24-20-13-6-4-5-7-14(13)21(26)19(20)18(17)15-10-12(23)8-9-16(15)25/h4-10,18,24H,3H2,1-2H3. The van der Waals surface area contributed by atoms with Crippen molar-refractivity contribution in [2.24, 2.45) is 0 Å². The van der Waals surface area contributed by atoms with Crippen LogP contribution in [-0.4, -0.2) is 18.4 Å². The summed E-state index contributed by atoms with van der Waals surface area (Å²) in [5.74, 6) is -1.75. The van der Waals surface area contributed by atoms with E-state index in [1.165, 1.54) is 6.07 Å². The number of allylic oxidation sites excluding steroid dienone is 2. The summed E-state index contributed by atoms with van der Waals surface area (Å²) in [4.78, 5) is 26.0. The molecule has 1 atom stereocenters. The molecular formula is C22H17BrNO4. The molecular weight excluding hydrogens is 422 g/mol. The lowest BCUT2D eigenvalue weighted by atomic mass is 9.79. The van der Waals surface area contributed by atoms with Gasteiger partial charge in [0.1, 0.15) is 0 Å². The number of rotatable bonds is 3. The van der Waals surface area contributed by atoms with E-state index in [2.05, 4.69) is 21.2 Å². The summed E-state index contributed by atoms with van der Waals surface area (Å²) in [7, 11) is 0. The molecule has 5 nitrogen and oxygen atoms in total. The Morgan fingerprint density at radius 3 is 2.61 bits per heavy atom. The number of hydrogen-bond acceptors (Lipinski definition) is 4. The lowest BCUT2D eigenvalue weighted by molar-refractivity contribution is -0.138. The molecule has 1 aliphatic heterocycles. The molecule has 0 bridgehead atoms. The third-order valence-corrected chi connectivity index (χ3v) is 5.52. The third-order valence-electron chi connectivity index (χ3n) is 5.03. The van der Waals surface area contributed by atoms with Crippen molar-refractivity contribution in [1.29, 1.82) is 0 Å². The number of fused-ring (bicyclic) bond motifs is 2. The maximum atomic E-state index is 13.3. The highest BCUT2D eigenvalue weighted by molar-refractivity contribution is 9.10. The van der Waals surface area contributed by atoms with Crippen molar-refractivity contribution < 1.29 is 19.4 Å². The number of esters is 1. The smallest absolute Gasteiger partial charge is 0.336 e. The second-order valence-electron chi connectivity index (χ2n) is 6.66. The van der Waals surface area contributed by atoms with Gasteiger partial charge in [-0.05, 0) is 32.0 Å². The lowest BCUT2D eigenvalue weighted by Gasteiger charge is -2.29. The largest absolute Gasteiger partial charge is 0.463 e. The molecule has 1 aliphatic carbocycles. The van der Waals surface area contributed by atoms with Crippen LogP contribution in [-0.2, 0) is 14.6 Å². The van der Waals surface area contributed by atoms with Gasteiger partial charge in [0.2, 0.25) is 0 Å². The first-order chi connectivity index (χ1) is 13.4. The van der Waals surface area contributed by atoms with E-state index in [1.54, 1.807) is 38.1 Å². The first kappa shape index (κ1) is 18.5. The van der Waals surface area contributed by atoms with Gasteiger partial charge in [0.05, 0.1) is 23.8 Å². The molecule has 0 amide bonds. The number of hydrogen-bond donors (Lipinski definition) is 1. The summed E-state index contributed by atoms with van der Waals surface area (Å²) in [5.41, 5.74) is 3.62. The Morgan fingerprint density at radius 1 is 1.18 bits per heavy atom. The van der Waals surface area contributed by atoms with Gasteiger partial charge >= 0.3 is 5.97 Å². The van der Waals surface area contributed by atoms with Crippen LogP contribution in [0.15, 0.2) is 63.8 Å². The van der Waals surface area contributed by atoms with E-state index < -0.39 is 11.9 Å². The fourth-order valence-corrected chi connectivity index (χ4v) is 4.24. The fourth-order valence-electron chi connectivity index (χ4n) is 3.86. The summed E-state index contributed by atoms with van der Waals surface area (Å²) in [6.07, 6.45) is 0. The minimum absolute atomic E-state index is 0.184. The van der Waals surface area contributed by atoms with Gasteiger partial charge in [-0.2, -0.15) is 0 Å². The Balaban J connectivity index is 1.98. The van der Waals surface area contributed by atoms with E-state index >= 15 is 0 Å². The average Bonchev–Trinajstić information content (AvgIpc) is 2.95. The zero-order valence-electron chi connectivity index (χ0n) is 15.3. The summed E-state index contributed by atoms with van der Waals surface area (Å²) in [6, 6.07) is 12.0. The molecule has 2 aromatic rings. The van der Waals surface area contributed by atoms with Crippen molar-refractivity contribution >= 4 is 33.4 Å². The Kier molecular flexibility index (Phi) is 4.59. The normalized spacial score (nSPS) is 18.0. The van der Waals surface area contributed by atoms with Gasteiger partial charge in [-0.25, -0.2) is 4.79 Å². The summed E-state index contributed by atoms with van der Waals surface area (Å²) < 4.78 is 5.95. The van der Waals surface area contributed by atoms with E-state index in [0.29, 0.717) is 32.6 Å². The Morgan fingerprint density at radius 2 is 1.89 bits per heavy atom. The topological polar surface area (TPSA) is 75.3 Å². The third kappa shape index (κ3) is 2.76. The van der Waals surface area contributed by atoms with Crippen LogP contribution in [0, 0.1) is 0 Å². The minimum atomic E-state index is -0.791. The molecule has 0 aromatic heterocycles. The van der Waals surface area contributed by atoms with Crippen LogP contribution in [0.25, 0.3) is 5.70 Å². The van der Waals surface area contributed by atoms with Gasteiger partial charge in [0.25, 0.3) is 0 Å². The average molecular weight is 439 g/mol. The molecule has 1 heterocycles. The molecule has 0 saturated heterocycles. The molecule has 0 fully saturated rings. The molecule has 2 aromatic carbocycles. The number of carbonyl (C=O) groups is 2. The second-order valence-corrected chi connectivity index (χ2v) is 7.58. The van der Waals surface area contributed by atoms with Crippen LogP contribution in [0.3, 0.4) is 0 Å². The van der Waals surface area contributed by atoms with Gasteiger partial charge in [-0.15, -0.1) is 0 Å². The molecule has 1 radical (unpaired) electrons. The van der Waals surface area contributed by atoms with E-state index in [0.717, 1.165) is 5.56 Å². The summed E-state index contributed by atoms with van der Waals surface area (Å²) in [5, 5.41) is 15.9. The van der Waals surface area contributed by atoms with Gasteiger partial charge in [-0.1, -0.05) is 40.2 Å². The minimum Gasteiger partial charge on any atom is -0.463 e. The van der Waals surface area contributed by atoms with Crippen LogP contribution in [0.5, 0.6) is 5.75 Å². The Labute approximate surface area is 170 Å². The first-order valence-electron chi connectivity index (χ1n) is 8.93. The van der Waals surface area contributed by atoms with Crippen molar-refractivity contribution in [3.8, 4) is 5.75 Å². The Hall–Kier alpha value is -2.86. The maximum absolute atomic E-state index is 13.3. The molecule has 1 N–H and O–H groups in total. The number of dihydropyridines is 1. The van der Waals surface area contributed by atoms with Crippen molar-refractivity contribution in [2.75, 3.05) is 6.61 Å². The number of Topliss-reactive ketones (excluding diaryl/α,β-unsaturated/α-hetero) is 1.